The predicted octanol–water partition coefficient (Wildman–Crippen LogP) is 0.113. The highest BCUT2D eigenvalue weighted by Gasteiger charge is 2.28. The Hall–Kier alpha value is -0.650. The van der Waals surface area contributed by atoms with Crippen LogP contribution in [-0.2, 0) is 9.53 Å². The Morgan fingerprint density at radius 3 is 3.00 bits per heavy atom. The Kier molecular flexibility index (Phi) is 5.73. The highest BCUT2D eigenvalue weighted by atomic mass is 16.5. The van der Waals surface area contributed by atoms with E-state index in [1.165, 1.54) is 6.42 Å². The fraction of sp³-hybridized carbons (Fsp3) is 0.909. The van der Waals surface area contributed by atoms with E-state index in [9.17, 15) is 4.79 Å². The van der Waals surface area contributed by atoms with Gasteiger partial charge in [0.15, 0.2) is 0 Å². The van der Waals surface area contributed by atoms with E-state index in [2.05, 4.69) is 10.3 Å². The van der Waals surface area contributed by atoms with Crippen LogP contribution in [0.2, 0.25) is 0 Å². The molecule has 2 atom stereocenters. The van der Waals surface area contributed by atoms with Crippen LogP contribution in [0.15, 0.2) is 0 Å². The third-order valence-corrected chi connectivity index (χ3v) is 3.23. The van der Waals surface area contributed by atoms with E-state index in [0.717, 1.165) is 32.5 Å². The number of rotatable bonds is 5. The summed E-state index contributed by atoms with van der Waals surface area (Å²) in [4.78, 5) is 13.8. The maximum Gasteiger partial charge on any atom is 0.251 e. The van der Waals surface area contributed by atoms with E-state index in [1.807, 2.05) is 6.92 Å². The Morgan fingerprint density at radius 2 is 2.44 bits per heavy atom. The second kappa shape index (κ2) is 6.83. The van der Waals surface area contributed by atoms with Crippen LogP contribution in [0, 0.1) is 5.92 Å². The summed E-state index contributed by atoms with van der Waals surface area (Å²) in [6.45, 7) is 4.70. The number of methoxy groups -OCH3 is 1. The molecular weight excluding hydrogens is 206 g/mol. The summed E-state index contributed by atoms with van der Waals surface area (Å²) in [5, 5.41) is 0. The van der Waals surface area contributed by atoms with Crippen LogP contribution in [0.25, 0.3) is 0 Å². The molecule has 1 aliphatic heterocycles. The van der Waals surface area contributed by atoms with Crippen LogP contribution < -0.4 is 11.3 Å². The Balaban J connectivity index is 2.53. The molecule has 2 unspecified atom stereocenters. The van der Waals surface area contributed by atoms with E-state index in [0.29, 0.717) is 5.92 Å². The zero-order chi connectivity index (χ0) is 12.0. The van der Waals surface area contributed by atoms with E-state index in [-0.39, 0.29) is 11.9 Å². The Labute approximate surface area is 97.3 Å². The van der Waals surface area contributed by atoms with Crippen molar-refractivity contribution in [3.05, 3.63) is 0 Å². The van der Waals surface area contributed by atoms with Crippen molar-refractivity contribution in [2.75, 3.05) is 26.8 Å². The van der Waals surface area contributed by atoms with Crippen LogP contribution in [0.5, 0.6) is 0 Å². The molecule has 1 heterocycles. The normalized spacial score (nSPS) is 24.1. The molecule has 0 aliphatic carbocycles. The fourth-order valence-electron chi connectivity index (χ4n) is 2.46. The molecule has 0 radical (unpaired) electrons. The molecule has 5 heteroatoms. The van der Waals surface area contributed by atoms with Gasteiger partial charge in [-0.05, 0) is 31.7 Å². The molecule has 0 bridgehead atoms. The molecule has 0 aromatic heterocycles. The van der Waals surface area contributed by atoms with Gasteiger partial charge in [-0.15, -0.1) is 0 Å². The lowest BCUT2D eigenvalue weighted by Gasteiger charge is -2.36. The van der Waals surface area contributed by atoms with Crippen molar-refractivity contribution >= 4 is 5.91 Å². The predicted molar refractivity (Wildman–Crippen MR) is 62.6 cm³/mol. The van der Waals surface area contributed by atoms with Gasteiger partial charge in [0.1, 0.15) is 0 Å². The lowest BCUT2D eigenvalue weighted by Crippen LogP contribution is -2.52. The lowest BCUT2D eigenvalue weighted by atomic mass is 9.96. The third kappa shape index (κ3) is 3.43. The van der Waals surface area contributed by atoms with Crippen LogP contribution >= 0.6 is 0 Å². The first-order valence-corrected chi connectivity index (χ1v) is 5.96. The minimum Gasteiger partial charge on any atom is -0.384 e. The first-order valence-electron chi connectivity index (χ1n) is 5.96. The number of hydrogen-bond donors (Lipinski definition) is 2. The number of hydrogen-bond acceptors (Lipinski definition) is 4. The summed E-state index contributed by atoms with van der Waals surface area (Å²) >= 11 is 0. The minimum atomic E-state index is -0.0929. The van der Waals surface area contributed by atoms with Crippen LogP contribution in [0.1, 0.15) is 26.2 Å². The summed E-state index contributed by atoms with van der Waals surface area (Å²) in [7, 11) is 1.73. The van der Waals surface area contributed by atoms with Crippen molar-refractivity contribution in [1.82, 2.24) is 10.3 Å². The molecule has 0 spiro atoms. The van der Waals surface area contributed by atoms with Crippen molar-refractivity contribution < 1.29 is 9.53 Å². The molecule has 3 N–H and O–H groups in total. The van der Waals surface area contributed by atoms with E-state index in [1.54, 1.807) is 7.11 Å². The standard InChI is InChI=1S/C11H23N3O2/c1-3-10(11(15)13-12)14-6-4-5-9(7-14)8-16-2/h9-10H,3-8,12H2,1-2H3,(H,13,15). The molecule has 1 aliphatic rings. The monoisotopic (exact) mass is 229 g/mol. The van der Waals surface area contributed by atoms with Gasteiger partial charge in [-0.3, -0.25) is 15.1 Å². The first-order chi connectivity index (χ1) is 7.72. The number of nitrogens with one attached hydrogen (secondary N) is 1. The molecule has 1 rings (SSSR count). The van der Waals surface area contributed by atoms with E-state index in [4.69, 9.17) is 10.6 Å². The molecule has 0 aromatic carbocycles. The van der Waals surface area contributed by atoms with Gasteiger partial charge in [-0.25, -0.2) is 5.84 Å². The topological polar surface area (TPSA) is 67.6 Å². The lowest BCUT2D eigenvalue weighted by molar-refractivity contribution is -0.127. The van der Waals surface area contributed by atoms with Crippen LogP contribution in [0.4, 0.5) is 0 Å². The molecule has 1 amide bonds. The van der Waals surface area contributed by atoms with Gasteiger partial charge >= 0.3 is 0 Å². The summed E-state index contributed by atoms with van der Waals surface area (Å²) in [6, 6.07) is -0.0929. The number of nitrogens with zero attached hydrogens (tertiary/aromatic N) is 1. The quantitative estimate of drug-likeness (QED) is 0.399. The van der Waals surface area contributed by atoms with Crippen molar-refractivity contribution in [2.45, 2.75) is 32.2 Å². The largest absolute Gasteiger partial charge is 0.384 e. The highest BCUT2D eigenvalue weighted by molar-refractivity contribution is 5.81. The van der Waals surface area contributed by atoms with E-state index >= 15 is 0 Å². The smallest absolute Gasteiger partial charge is 0.251 e. The van der Waals surface area contributed by atoms with Gasteiger partial charge < -0.3 is 4.74 Å². The van der Waals surface area contributed by atoms with Crippen molar-refractivity contribution in [3.63, 3.8) is 0 Å². The van der Waals surface area contributed by atoms with Gasteiger partial charge in [-0.1, -0.05) is 6.92 Å². The Bertz CT molecular complexity index is 221. The first kappa shape index (κ1) is 13.4. The SMILES string of the molecule is CCC(C(=O)NN)N1CCCC(COC)C1. The van der Waals surface area contributed by atoms with Gasteiger partial charge in [-0.2, -0.15) is 0 Å². The molecule has 1 fully saturated rings. The fourth-order valence-corrected chi connectivity index (χ4v) is 2.46. The summed E-state index contributed by atoms with van der Waals surface area (Å²) in [6.07, 6.45) is 3.11. The minimum absolute atomic E-state index is 0.0828. The number of carbonyl (C=O) groups excluding carboxylic acids is 1. The maximum absolute atomic E-state index is 11.6. The zero-order valence-corrected chi connectivity index (χ0v) is 10.2. The number of likely N-dealkylation sites (tertiary alicyclic amines) is 1. The number of piperidine rings is 1. The second-order valence-electron chi connectivity index (χ2n) is 4.39. The molecule has 1 saturated heterocycles. The molecule has 0 saturated carbocycles. The average Bonchev–Trinajstić information content (AvgIpc) is 2.31. The third-order valence-electron chi connectivity index (χ3n) is 3.23. The Morgan fingerprint density at radius 1 is 1.69 bits per heavy atom. The summed E-state index contributed by atoms with van der Waals surface area (Å²) in [5.74, 6) is 5.65. The van der Waals surface area contributed by atoms with Crippen LogP contribution in [-0.4, -0.2) is 43.7 Å². The van der Waals surface area contributed by atoms with Gasteiger partial charge in [0.05, 0.1) is 12.6 Å². The second-order valence-corrected chi connectivity index (χ2v) is 4.39. The molecule has 94 valence electrons. The van der Waals surface area contributed by atoms with Gasteiger partial charge in [0.25, 0.3) is 5.91 Å². The van der Waals surface area contributed by atoms with Crippen molar-refractivity contribution in [1.29, 1.82) is 0 Å². The van der Waals surface area contributed by atoms with Gasteiger partial charge in [0, 0.05) is 13.7 Å². The molecule has 16 heavy (non-hydrogen) atoms. The molecule has 0 aromatic rings. The summed E-state index contributed by atoms with van der Waals surface area (Å²) in [5.41, 5.74) is 2.25. The van der Waals surface area contributed by atoms with Gasteiger partial charge in [0.2, 0.25) is 0 Å². The average molecular weight is 229 g/mol. The van der Waals surface area contributed by atoms with Crippen molar-refractivity contribution in [2.24, 2.45) is 11.8 Å². The van der Waals surface area contributed by atoms with Crippen molar-refractivity contribution in [3.8, 4) is 0 Å². The number of nitrogens with two attached hydrogens (primary N) is 1. The van der Waals surface area contributed by atoms with Crippen LogP contribution in [0.3, 0.4) is 0 Å². The maximum atomic E-state index is 11.6. The molecular formula is C11H23N3O2. The molecule has 5 nitrogen and oxygen atoms in total. The zero-order valence-electron chi connectivity index (χ0n) is 10.2. The number of ether oxygens (including phenoxy) is 1. The van der Waals surface area contributed by atoms with E-state index < -0.39 is 0 Å². The number of carbonyl (C=O) groups is 1. The number of amides is 1. The number of hydrazine groups is 1. The summed E-state index contributed by atoms with van der Waals surface area (Å²) < 4.78 is 5.18. The highest BCUT2D eigenvalue weighted by Crippen LogP contribution is 2.19.